The number of ether oxygens (including phenoxy) is 1. The number of fused-ring (bicyclic) bond motifs is 1. The lowest BCUT2D eigenvalue weighted by Crippen LogP contribution is -2.19. The molecule has 0 saturated carbocycles. The standard InChI is InChI=1S/C25H24N4O3S2/c1-16-6-8-18(9-7-16)21-15-34-24(26-21)27-22(30)13-29-25(33)32-23(28-29)14-31-20-11-10-17-4-2-3-5-19(17)12-20/h6-12,15H,2-5,13-14H2,1H3,(H,26,27,30). The van der Waals surface area contributed by atoms with Gasteiger partial charge in [-0.2, -0.15) is 0 Å². The normalized spacial score (nSPS) is 12.9. The molecule has 0 atom stereocenters. The second-order valence-corrected chi connectivity index (χ2v) is 9.51. The summed E-state index contributed by atoms with van der Waals surface area (Å²) in [7, 11) is 0. The Morgan fingerprint density at radius 3 is 2.79 bits per heavy atom. The molecule has 4 aromatic rings. The first-order valence-corrected chi connectivity index (χ1v) is 12.5. The monoisotopic (exact) mass is 492 g/mol. The molecule has 2 aromatic carbocycles. The first-order chi connectivity index (χ1) is 16.5. The lowest BCUT2D eigenvalue weighted by Gasteiger charge is -2.16. The SMILES string of the molecule is Cc1ccc(-c2csc(NC(=O)Cn3nc(COc4ccc5c(c4)CCCC5)oc3=S)n2)cc1. The fourth-order valence-electron chi connectivity index (χ4n) is 3.94. The van der Waals surface area contributed by atoms with Gasteiger partial charge in [-0.3, -0.25) is 4.79 Å². The van der Waals surface area contributed by atoms with Crippen molar-refractivity contribution in [3.63, 3.8) is 0 Å². The third-order valence-electron chi connectivity index (χ3n) is 5.72. The highest BCUT2D eigenvalue weighted by Crippen LogP contribution is 2.26. The molecule has 0 saturated heterocycles. The van der Waals surface area contributed by atoms with Gasteiger partial charge >= 0.3 is 0 Å². The van der Waals surface area contributed by atoms with Crippen molar-refractivity contribution in [1.82, 2.24) is 14.8 Å². The molecule has 0 bridgehead atoms. The van der Waals surface area contributed by atoms with Crippen molar-refractivity contribution in [1.29, 1.82) is 0 Å². The molecular weight excluding hydrogens is 468 g/mol. The summed E-state index contributed by atoms with van der Waals surface area (Å²) < 4.78 is 12.7. The van der Waals surface area contributed by atoms with Crippen molar-refractivity contribution in [3.8, 4) is 17.0 Å². The van der Waals surface area contributed by atoms with Crippen LogP contribution < -0.4 is 10.1 Å². The number of aryl methyl sites for hydroxylation is 3. The molecule has 1 N–H and O–H groups in total. The lowest BCUT2D eigenvalue weighted by molar-refractivity contribution is -0.117. The minimum absolute atomic E-state index is 0.0688. The zero-order chi connectivity index (χ0) is 23.5. The highest BCUT2D eigenvalue weighted by atomic mass is 32.1. The first-order valence-electron chi connectivity index (χ1n) is 11.2. The minimum atomic E-state index is -0.281. The zero-order valence-electron chi connectivity index (χ0n) is 18.7. The van der Waals surface area contributed by atoms with Gasteiger partial charge in [-0.1, -0.05) is 35.9 Å². The highest BCUT2D eigenvalue weighted by Gasteiger charge is 2.14. The van der Waals surface area contributed by atoms with Crippen LogP contribution in [-0.2, 0) is 30.8 Å². The maximum Gasteiger partial charge on any atom is 0.287 e. The summed E-state index contributed by atoms with van der Waals surface area (Å²) in [5, 5.41) is 9.54. The van der Waals surface area contributed by atoms with Crippen LogP contribution in [0.25, 0.3) is 11.3 Å². The quantitative estimate of drug-likeness (QED) is 0.332. The van der Waals surface area contributed by atoms with Crippen LogP contribution in [0.5, 0.6) is 5.75 Å². The number of amides is 1. The van der Waals surface area contributed by atoms with E-state index < -0.39 is 0 Å². The van der Waals surface area contributed by atoms with E-state index in [1.807, 2.05) is 42.6 Å². The van der Waals surface area contributed by atoms with Gasteiger partial charge in [-0.25, -0.2) is 9.67 Å². The van der Waals surface area contributed by atoms with Gasteiger partial charge in [0.05, 0.1) is 5.69 Å². The second kappa shape index (κ2) is 9.90. The Kier molecular flexibility index (Phi) is 6.55. The van der Waals surface area contributed by atoms with E-state index in [-0.39, 0.29) is 23.9 Å². The Bertz CT molecular complexity index is 1370. The van der Waals surface area contributed by atoms with E-state index in [2.05, 4.69) is 27.5 Å². The van der Waals surface area contributed by atoms with Gasteiger partial charge in [-0.15, -0.1) is 16.4 Å². The summed E-state index contributed by atoms with van der Waals surface area (Å²) in [4.78, 5) is 17.1. The molecule has 1 amide bonds. The van der Waals surface area contributed by atoms with Crippen molar-refractivity contribution >= 4 is 34.6 Å². The number of anilines is 1. The predicted molar refractivity (Wildman–Crippen MR) is 134 cm³/mol. The van der Waals surface area contributed by atoms with E-state index in [0.29, 0.717) is 11.0 Å². The van der Waals surface area contributed by atoms with Gasteiger partial charge in [-0.05, 0) is 68.1 Å². The van der Waals surface area contributed by atoms with Gasteiger partial charge in [0.15, 0.2) is 11.7 Å². The van der Waals surface area contributed by atoms with Crippen LogP contribution >= 0.6 is 23.6 Å². The van der Waals surface area contributed by atoms with Crippen molar-refractivity contribution in [2.24, 2.45) is 0 Å². The van der Waals surface area contributed by atoms with Crippen LogP contribution in [0.15, 0.2) is 52.3 Å². The number of aromatic nitrogens is 3. The molecule has 34 heavy (non-hydrogen) atoms. The summed E-state index contributed by atoms with van der Waals surface area (Å²) >= 11 is 6.60. The number of benzene rings is 2. The molecular formula is C25H24N4O3S2. The maximum absolute atomic E-state index is 12.5. The number of rotatable bonds is 7. The molecule has 5 rings (SSSR count). The fraction of sp³-hybridized carbons (Fsp3) is 0.280. The van der Waals surface area contributed by atoms with Crippen molar-refractivity contribution in [2.45, 2.75) is 45.8 Å². The van der Waals surface area contributed by atoms with Gasteiger partial charge in [0.1, 0.15) is 12.3 Å². The van der Waals surface area contributed by atoms with Gasteiger partial charge in [0, 0.05) is 10.9 Å². The largest absolute Gasteiger partial charge is 0.484 e. The van der Waals surface area contributed by atoms with Gasteiger partial charge in [0.2, 0.25) is 5.91 Å². The molecule has 0 spiro atoms. The summed E-state index contributed by atoms with van der Waals surface area (Å²) in [6.45, 7) is 2.11. The van der Waals surface area contributed by atoms with E-state index in [1.165, 1.54) is 45.6 Å². The topological polar surface area (TPSA) is 82.2 Å². The molecule has 0 fully saturated rings. The first kappa shape index (κ1) is 22.5. The Morgan fingerprint density at radius 2 is 1.97 bits per heavy atom. The number of thiazole rings is 1. The molecule has 0 radical (unpaired) electrons. The van der Waals surface area contributed by atoms with Crippen molar-refractivity contribution in [3.05, 3.63) is 75.3 Å². The lowest BCUT2D eigenvalue weighted by atomic mass is 9.92. The fourth-order valence-corrected chi connectivity index (χ4v) is 4.87. The Morgan fingerprint density at radius 1 is 1.18 bits per heavy atom. The zero-order valence-corrected chi connectivity index (χ0v) is 20.4. The summed E-state index contributed by atoms with van der Waals surface area (Å²) in [5.41, 5.74) is 5.76. The molecule has 0 aliphatic heterocycles. The van der Waals surface area contributed by atoms with Gasteiger partial charge in [0.25, 0.3) is 10.7 Å². The van der Waals surface area contributed by atoms with Crippen LogP contribution in [0.4, 0.5) is 5.13 Å². The van der Waals surface area contributed by atoms with Crippen LogP contribution in [0.2, 0.25) is 0 Å². The number of carbonyl (C=O) groups excluding carboxylic acids is 1. The number of hydrogen-bond acceptors (Lipinski definition) is 7. The third kappa shape index (κ3) is 5.26. The van der Waals surface area contributed by atoms with Crippen LogP contribution in [0.1, 0.15) is 35.4 Å². The minimum Gasteiger partial charge on any atom is -0.484 e. The van der Waals surface area contributed by atoms with Crippen molar-refractivity contribution < 1.29 is 13.9 Å². The smallest absolute Gasteiger partial charge is 0.287 e. The van der Waals surface area contributed by atoms with E-state index in [4.69, 9.17) is 21.4 Å². The van der Waals surface area contributed by atoms with E-state index in [9.17, 15) is 4.79 Å². The third-order valence-corrected chi connectivity index (χ3v) is 6.77. The molecule has 0 unspecified atom stereocenters. The molecule has 174 valence electrons. The maximum atomic E-state index is 12.5. The number of hydrogen-bond donors (Lipinski definition) is 1. The summed E-state index contributed by atoms with van der Waals surface area (Å²) in [6, 6.07) is 14.3. The Balaban J connectivity index is 1.18. The number of nitrogens with zero attached hydrogens (tertiary/aromatic N) is 3. The molecule has 9 heteroatoms. The summed E-state index contributed by atoms with van der Waals surface area (Å²) in [6.07, 6.45) is 4.68. The van der Waals surface area contributed by atoms with E-state index in [1.54, 1.807) is 0 Å². The predicted octanol–water partition coefficient (Wildman–Crippen LogP) is 5.73. The van der Waals surface area contributed by atoms with Gasteiger partial charge < -0.3 is 14.5 Å². The number of carbonyl (C=O) groups is 1. The Hall–Kier alpha value is -3.30. The summed E-state index contributed by atoms with van der Waals surface area (Å²) in [5.74, 6) is 0.824. The molecule has 2 aromatic heterocycles. The van der Waals surface area contributed by atoms with E-state index >= 15 is 0 Å². The second-order valence-electron chi connectivity index (χ2n) is 8.30. The van der Waals surface area contributed by atoms with Crippen LogP contribution in [0.3, 0.4) is 0 Å². The van der Waals surface area contributed by atoms with Crippen molar-refractivity contribution in [2.75, 3.05) is 5.32 Å². The molecule has 1 aliphatic carbocycles. The molecule has 2 heterocycles. The van der Waals surface area contributed by atoms with E-state index in [0.717, 1.165) is 29.8 Å². The molecule has 1 aliphatic rings. The number of nitrogens with one attached hydrogen (secondary N) is 1. The van der Waals surface area contributed by atoms with Crippen LogP contribution in [-0.4, -0.2) is 20.7 Å². The average Bonchev–Trinajstić information content (AvgIpc) is 3.44. The van der Waals surface area contributed by atoms with Crippen LogP contribution in [0, 0.1) is 11.8 Å². The Labute approximate surface area is 206 Å². The average molecular weight is 493 g/mol. The molecule has 7 nitrogen and oxygen atoms in total. The highest BCUT2D eigenvalue weighted by molar-refractivity contribution is 7.71.